The standard InChI is InChI=1S/C17H11N3O2/c21-17-14-11-20(13-9-5-2-6-10-13)18-16(14)15(19-22-17)12-7-3-1-4-8-12/h1-11H. The van der Waals surface area contributed by atoms with Crippen LogP contribution in [0.15, 0.2) is 76.2 Å². The van der Waals surface area contributed by atoms with Gasteiger partial charge in [0.2, 0.25) is 0 Å². The van der Waals surface area contributed by atoms with E-state index in [4.69, 9.17) is 4.52 Å². The molecule has 106 valence electrons. The van der Waals surface area contributed by atoms with E-state index >= 15 is 0 Å². The van der Waals surface area contributed by atoms with Gasteiger partial charge < -0.3 is 4.52 Å². The van der Waals surface area contributed by atoms with Crippen LogP contribution in [0.2, 0.25) is 0 Å². The third kappa shape index (κ3) is 2.00. The van der Waals surface area contributed by atoms with Gasteiger partial charge in [0.1, 0.15) is 16.6 Å². The summed E-state index contributed by atoms with van der Waals surface area (Å²) >= 11 is 0. The van der Waals surface area contributed by atoms with Crippen LogP contribution < -0.4 is 5.63 Å². The van der Waals surface area contributed by atoms with E-state index in [1.54, 1.807) is 10.9 Å². The minimum Gasteiger partial charge on any atom is -0.312 e. The molecule has 5 heteroatoms. The molecule has 0 aliphatic rings. The van der Waals surface area contributed by atoms with Crippen molar-refractivity contribution in [1.29, 1.82) is 0 Å². The molecular formula is C17H11N3O2. The third-order valence-electron chi connectivity index (χ3n) is 3.45. The minimum atomic E-state index is -0.489. The maximum atomic E-state index is 11.9. The van der Waals surface area contributed by atoms with Crippen molar-refractivity contribution in [3.8, 4) is 16.9 Å². The van der Waals surface area contributed by atoms with Crippen LogP contribution in [0, 0.1) is 0 Å². The van der Waals surface area contributed by atoms with Crippen LogP contribution >= 0.6 is 0 Å². The van der Waals surface area contributed by atoms with Crippen LogP contribution in [0.25, 0.3) is 27.8 Å². The summed E-state index contributed by atoms with van der Waals surface area (Å²) in [7, 11) is 0. The molecule has 0 atom stereocenters. The summed E-state index contributed by atoms with van der Waals surface area (Å²) in [5.41, 5.74) is 2.33. The molecule has 0 saturated heterocycles. The first-order chi connectivity index (χ1) is 10.8. The summed E-state index contributed by atoms with van der Waals surface area (Å²) in [5.74, 6) is 0. The monoisotopic (exact) mass is 289 g/mol. The molecule has 0 spiro atoms. The minimum absolute atomic E-state index is 0.415. The van der Waals surface area contributed by atoms with Gasteiger partial charge in [-0.15, -0.1) is 0 Å². The largest absolute Gasteiger partial charge is 0.369 e. The van der Waals surface area contributed by atoms with Crippen molar-refractivity contribution in [3.05, 3.63) is 77.3 Å². The summed E-state index contributed by atoms with van der Waals surface area (Å²) in [6.45, 7) is 0. The van der Waals surface area contributed by atoms with E-state index in [1.165, 1.54) is 0 Å². The molecule has 0 N–H and O–H groups in total. The molecule has 4 rings (SSSR count). The van der Waals surface area contributed by atoms with Gasteiger partial charge in [0.05, 0.1) is 5.69 Å². The summed E-state index contributed by atoms with van der Waals surface area (Å²) in [6.07, 6.45) is 1.67. The Morgan fingerprint density at radius 3 is 2.32 bits per heavy atom. The number of rotatable bonds is 2. The molecule has 0 bridgehead atoms. The van der Waals surface area contributed by atoms with Crippen LogP contribution in [0.4, 0.5) is 0 Å². The summed E-state index contributed by atoms with van der Waals surface area (Å²) in [6, 6.07) is 19.1. The second-order valence-corrected chi connectivity index (χ2v) is 4.86. The molecule has 5 nitrogen and oxygen atoms in total. The summed E-state index contributed by atoms with van der Waals surface area (Å²) in [4.78, 5) is 11.9. The smallest absolute Gasteiger partial charge is 0.312 e. The van der Waals surface area contributed by atoms with Crippen molar-refractivity contribution >= 4 is 10.9 Å². The second kappa shape index (κ2) is 4.96. The highest BCUT2D eigenvalue weighted by Crippen LogP contribution is 2.24. The summed E-state index contributed by atoms with van der Waals surface area (Å²) in [5, 5.41) is 8.85. The highest BCUT2D eigenvalue weighted by molar-refractivity contribution is 5.90. The maximum Gasteiger partial charge on any atom is 0.369 e. The third-order valence-corrected chi connectivity index (χ3v) is 3.45. The number of para-hydroxylation sites is 1. The first kappa shape index (κ1) is 12.5. The van der Waals surface area contributed by atoms with Gasteiger partial charge in [-0.25, -0.2) is 9.48 Å². The molecule has 0 aliphatic carbocycles. The average molecular weight is 289 g/mol. The number of aromatic nitrogens is 3. The Morgan fingerprint density at radius 2 is 1.59 bits per heavy atom. The van der Waals surface area contributed by atoms with Crippen molar-refractivity contribution in [2.45, 2.75) is 0 Å². The van der Waals surface area contributed by atoms with E-state index in [2.05, 4.69) is 10.3 Å². The number of hydrogen-bond donors (Lipinski definition) is 0. The van der Waals surface area contributed by atoms with Crippen molar-refractivity contribution in [1.82, 2.24) is 14.9 Å². The Bertz CT molecular complexity index is 989. The summed E-state index contributed by atoms with van der Waals surface area (Å²) < 4.78 is 6.58. The highest BCUT2D eigenvalue weighted by atomic mass is 16.5. The fourth-order valence-corrected chi connectivity index (χ4v) is 2.38. The Balaban J connectivity index is 1.99. The lowest BCUT2D eigenvalue weighted by atomic mass is 10.1. The molecule has 0 unspecified atom stereocenters. The van der Waals surface area contributed by atoms with E-state index in [0.717, 1.165) is 11.3 Å². The molecule has 0 aliphatic heterocycles. The Hall–Kier alpha value is -3.21. The van der Waals surface area contributed by atoms with Gasteiger partial charge in [-0.1, -0.05) is 53.7 Å². The van der Waals surface area contributed by atoms with E-state index in [0.29, 0.717) is 16.6 Å². The van der Waals surface area contributed by atoms with Crippen molar-refractivity contribution < 1.29 is 4.52 Å². The molecule has 0 amide bonds. The zero-order valence-electron chi connectivity index (χ0n) is 11.5. The molecule has 2 aromatic carbocycles. The maximum absolute atomic E-state index is 11.9. The lowest BCUT2D eigenvalue weighted by Gasteiger charge is -2.00. The molecule has 0 fully saturated rings. The van der Waals surface area contributed by atoms with E-state index in [9.17, 15) is 4.79 Å². The highest BCUT2D eigenvalue weighted by Gasteiger charge is 2.15. The van der Waals surface area contributed by atoms with Crippen LogP contribution in [0.3, 0.4) is 0 Å². The average Bonchev–Trinajstić information content (AvgIpc) is 3.03. The van der Waals surface area contributed by atoms with Crippen LogP contribution in [-0.4, -0.2) is 14.9 Å². The van der Waals surface area contributed by atoms with Crippen molar-refractivity contribution in [2.24, 2.45) is 0 Å². The SMILES string of the molecule is O=c1onc(-c2ccccc2)c2nn(-c3ccccc3)cc12. The molecule has 2 heterocycles. The number of fused-ring (bicyclic) bond motifs is 1. The van der Waals surface area contributed by atoms with Gasteiger partial charge in [0, 0.05) is 11.8 Å². The predicted octanol–water partition coefficient (Wildman–Crippen LogP) is 3.04. The first-order valence-corrected chi connectivity index (χ1v) is 6.83. The Labute approximate surface area is 125 Å². The predicted molar refractivity (Wildman–Crippen MR) is 82.8 cm³/mol. The zero-order valence-corrected chi connectivity index (χ0v) is 11.5. The van der Waals surface area contributed by atoms with Gasteiger partial charge >= 0.3 is 5.63 Å². The normalized spacial score (nSPS) is 10.9. The molecule has 2 aromatic heterocycles. The van der Waals surface area contributed by atoms with Crippen LogP contribution in [0.1, 0.15) is 0 Å². The topological polar surface area (TPSA) is 60.9 Å². The van der Waals surface area contributed by atoms with E-state index in [-0.39, 0.29) is 0 Å². The molecule has 0 radical (unpaired) electrons. The fraction of sp³-hybridized carbons (Fsp3) is 0. The van der Waals surface area contributed by atoms with Gasteiger partial charge in [-0.05, 0) is 12.1 Å². The quantitative estimate of drug-likeness (QED) is 0.569. The number of hydrogen-bond acceptors (Lipinski definition) is 4. The molecule has 4 aromatic rings. The molecular weight excluding hydrogens is 278 g/mol. The number of benzene rings is 2. The fourth-order valence-electron chi connectivity index (χ4n) is 2.38. The van der Waals surface area contributed by atoms with Gasteiger partial charge in [0.15, 0.2) is 0 Å². The Morgan fingerprint density at radius 1 is 0.909 bits per heavy atom. The first-order valence-electron chi connectivity index (χ1n) is 6.83. The second-order valence-electron chi connectivity index (χ2n) is 4.86. The van der Waals surface area contributed by atoms with Crippen molar-refractivity contribution in [3.63, 3.8) is 0 Å². The number of nitrogens with zero attached hydrogens (tertiary/aromatic N) is 3. The zero-order chi connectivity index (χ0) is 14.9. The van der Waals surface area contributed by atoms with Gasteiger partial charge in [-0.2, -0.15) is 5.10 Å². The van der Waals surface area contributed by atoms with Crippen LogP contribution in [0.5, 0.6) is 0 Å². The van der Waals surface area contributed by atoms with Crippen LogP contribution in [-0.2, 0) is 0 Å². The lowest BCUT2D eigenvalue weighted by Crippen LogP contribution is -2.01. The molecule has 22 heavy (non-hydrogen) atoms. The van der Waals surface area contributed by atoms with E-state index < -0.39 is 5.63 Å². The van der Waals surface area contributed by atoms with Gasteiger partial charge in [-0.3, -0.25) is 0 Å². The van der Waals surface area contributed by atoms with E-state index in [1.807, 2.05) is 60.7 Å². The Kier molecular flexibility index (Phi) is 2.83. The molecule has 0 saturated carbocycles. The van der Waals surface area contributed by atoms with Gasteiger partial charge in [0.25, 0.3) is 0 Å². The lowest BCUT2D eigenvalue weighted by molar-refractivity contribution is 0.380. The van der Waals surface area contributed by atoms with Crippen molar-refractivity contribution in [2.75, 3.05) is 0 Å².